The molecule has 0 aromatic heterocycles. The molecule has 0 amide bonds. The maximum atomic E-state index is 12.5. The average molecular weight is 247 g/mol. The van der Waals surface area contributed by atoms with Crippen LogP contribution in [0.15, 0.2) is 35.2 Å². The molecule has 4 heteroatoms. The molecule has 4 aliphatic carbocycles. The Hall–Kier alpha value is -0.870. The molecule has 1 aromatic rings. The number of nitrogens with zero attached hydrogens (tertiary/aromatic N) is 1. The van der Waals surface area contributed by atoms with Crippen LogP contribution in [0.3, 0.4) is 0 Å². The lowest BCUT2D eigenvalue weighted by atomic mass is 9.94. The summed E-state index contributed by atoms with van der Waals surface area (Å²) in [4.78, 5) is 0.466. The lowest BCUT2D eigenvalue weighted by Gasteiger charge is -2.45. The van der Waals surface area contributed by atoms with Gasteiger partial charge < -0.3 is 0 Å². The van der Waals surface area contributed by atoms with Crippen molar-refractivity contribution in [3.63, 3.8) is 0 Å². The van der Waals surface area contributed by atoms with Crippen LogP contribution in [0.25, 0.3) is 0 Å². The molecule has 1 aromatic carbocycles. The first kappa shape index (κ1) is 9.11. The van der Waals surface area contributed by atoms with E-state index in [1.807, 2.05) is 10.4 Å². The molecule has 7 rings (SSSR count). The summed E-state index contributed by atoms with van der Waals surface area (Å²) in [6, 6.07) is 9.61. The topological polar surface area (TPSA) is 37.4 Å². The van der Waals surface area contributed by atoms with Crippen LogP contribution >= 0.6 is 0 Å². The minimum atomic E-state index is -3.21. The summed E-state index contributed by atoms with van der Waals surface area (Å²) in [7, 11) is -3.21. The second-order valence-electron chi connectivity index (χ2n) is 5.85. The maximum absolute atomic E-state index is 12.5. The number of piperidine rings is 1. The van der Waals surface area contributed by atoms with Gasteiger partial charge in [-0.25, -0.2) is 8.42 Å². The fourth-order valence-corrected chi connectivity index (χ4v) is 6.90. The molecule has 6 bridgehead atoms. The largest absolute Gasteiger partial charge is 0.243 e. The van der Waals surface area contributed by atoms with Gasteiger partial charge in [0, 0.05) is 12.1 Å². The first-order valence-corrected chi connectivity index (χ1v) is 7.74. The molecule has 88 valence electrons. The third-order valence-corrected chi connectivity index (χ3v) is 7.32. The van der Waals surface area contributed by atoms with Crippen molar-refractivity contribution in [2.45, 2.75) is 23.4 Å². The lowest BCUT2D eigenvalue weighted by molar-refractivity contribution is 0.0964. The maximum Gasteiger partial charge on any atom is 0.243 e. The van der Waals surface area contributed by atoms with Gasteiger partial charge >= 0.3 is 0 Å². The zero-order valence-electron chi connectivity index (χ0n) is 9.23. The van der Waals surface area contributed by atoms with E-state index in [-0.39, 0.29) is 0 Å². The highest BCUT2D eigenvalue weighted by molar-refractivity contribution is 7.89. The summed E-state index contributed by atoms with van der Waals surface area (Å²) in [5, 5.41) is 0. The number of sulfonamides is 1. The predicted molar refractivity (Wildman–Crippen MR) is 61.6 cm³/mol. The highest BCUT2D eigenvalue weighted by Gasteiger charge is 2.84. The molecule has 0 spiro atoms. The molecule has 17 heavy (non-hydrogen) atoms. The van der Waals surface area contributed by atoms with E-state index < -0.39 is 10.0 Å². The second kappa shape index (κ2) is 2.45. The van der Waals surface area contributed by atoms with Gasteiger partial charge in [0.2, 0.25) is 10.0 Å². The molecule has 4 atom stereocenters. The van der Waals surface area contributed by atoms with Crippen LogP contribution in [0.4, 0.5) is 0 Å². The SMILES string of the molecule is O=S(=O)(c1ccccc1)N1C2C3CC4C2C4C31. The van der Waals surface area contributed by atoms with E-state index in [0.717, 1.165) is 17.8 Å². The highest BCUT2D eigenvalue weighted by atomic mass is 32.2. The van der Waals surface area contributed by atoms with Crippen LogP contribution < -0.4 is 0 Å². The first-order valence-electron chi connectivity index (χ1n) is 6.30. The van der Waals surface area contributed by atoms with E-state index in [2.05, 4.69) is 0 Å². The minimum Gasteiger partial charge on any atom is -0.207 e. The van der Waals surface area contributed by atoms with Gasteiger partial charge in [-0.05, 0) is 42.2 Å². The summed E-state index contributed by atoms with van der Waals surface area (Å²) >= 11 is 0. The zero-order valence-corrected chi connectivity index (χ0v) is 10.0. The predicted octanol–water partition coefficient (Wildman–Crippen LogP) is 1.32. The summed E-state index contributed by atoms with van der Waals surface area (Å²) in [6.45, 7) is 0. The molecule has 0 N–H and O–H groups in total. The number of hydrogen-bond acceptors (Lipinski definition) is 2. The van der Waals surface area contributed by atoms with E-state index >= 15 is 0 Å². The molecule has 2 aliphatic heterocycles. The Balaban J connectivity index is 1.59. The van der Waals surface area contributed by atoms with Crippen LogP contribution in [-0.2, 0) is 10.0 Å². The Morgan fingerprint density at radius 3 is 2.18 bits per heavy atom. The molecule has 0 radical (unpaired) electrons. The zero-order chi connectivity index (χ0) is 11.4. The van der Waals surface area contributed by atoms with Crippen molar-refractivity contribution in [3.8, 4) is 0 Å². The quantitative estimate of drug-likeness (QED) is 0.790. The van der Waals surface area contributed by atoms with Crippen molar-refractivity contribution >= 4 is 10.0 Å². The summed E-state index contributed by atoms with van der Waals surface area (Å²) in [6.07, 6.45) is 1.30. The Morgan fingerprint density at radius 2 is 1.65 bits per heavy atom. The van der Waals surface area contributed by atoms with Crippen LogP contribution in [0.2, 0.25) is 0 Å². The van der Waals surface area contributed by atoms with Crippen LogP contribution in [0.5, 0.6) is 0 Å². The lowest BCUT2D eigenvalue weighted by Crippen LogP contribution is -2.59. The molecular weight excluding hydrogens is 234 g/mol. The number of rotatable bonds is 2. The second-order valence-corrected chi connectivity index (χ2v) is 7.69. The standard InChI is InChI=1S/C13H13NO2S/c15-17(16,7-4-2-1-3-5-7)14-12-9-6-8-10(12)11(8)13(9)14/h1-5,8-13H,6H2. The smallest absolute Gasteiger partial charge is 0.207 e. The van der Waals surface area contributed by atoms with Gasteiger partial charge in [0.25, 0.3) is 0 Å². The van der Waals surface area contributed by atoms with E-state index in [1.165, 1.54) is 6.42 Å². The van der Waals surface area contributed by atoms with E-state index in [0.29, 0.717) is 22.9 Å². The van der Waals surface area contributed by atoms with Crippen molar-refractivity contribution < 1.29 is 8.42 Å². The van der Waals surface area contributed by atoms with Gasteiger partial charge in [0.05, 0.1) is 4.90 Å². The van der Waals surface area contributed by atoms with E-state index in [9.17, 15) is 8.42 Å². The third kappa shape index (κ3) is 0.799. The molecule has 2 heterocycles. The third-order valence-electron chi connectivity index (χ3n) is 5.41. The van der Waals surface area contributed by atoms with Crippen LogP contribution in [0, 0.1) is 23.7 Å². The highest BCUT2D eigenvalue weighted by Crippen LogP contribution is 2.79. The molecule has 4 saturated carbocycles. The van der Waals surface area contributed by atoms with E-state index in [1.54, 1.807) is 24.3 Å². The number of hydrogen-bond donors (Lipinski definition) is 0. The van der Waals surface area contributed by atoms with Gasteiger partial charge in [-0.15, -0.1) is 0 Å². The van der Waals surface area contributed by atoms with Crippen molar-refractivity contribution in [1.29, 1.82) is 0 Å². The number of benzene rings is 1. The van der Waals surface area contributed by atoms with Gasteiger partial charge in [-0.3, -0.25) is 0 Å². The fourth-order valence-electron chi connectivity index (χ4n) is 4.92. The van der Waals surface area contributed by atoms with Crippen molar-refractivity contribution in [2.24, 2.45) is 23.7 Å². The molecule has 6 aliphatic rings. The molecular formula is C13H13NO2S. The van der Waals surface area contributed by atoms with Crippen molar-refractivity contribution in [2.75, 3.05) is 0 Å². The van der Waals surface area contributed by atoms with Crippen LogP contribution in [0.1, 0.15) is 6.42 Å². The van der Waals surface area contributed by atoms with Crippen molar-refractivity contribution in [1.82, 2.24) is 4.31 Å². The van der Waals surface area contributed by atoms with Gasteiger partial charge in [-0.2, -0.15) is 4.31 Å². The first-order chi connectivity index (χ1) is 8.21. The van der Waals surface area contributed by atoms with Gasteiger partial charge in [0.1, 0.15) is 0 Å². The Bertz CT molecular complexity index is 590. The van der Waals surface area contributed by atoms with Crippen LogP contribution in [-0.4, -0.2) is 24.8 Å². The molecule has 4 unspecified atom stereocenters. The van der Waals surface area contributed by atoms with Crippen molar-refractivity contribution in [3.05, 3.63) is 30.3 Å². The molecule has 6 fully saturated rings. The van der Waals surface area contributed by atoms with Gasteiger partial charge in [0.15, 0.2) is 0 Å². The Morgan fingerprint density at radius 1 is 1.00 bits per heavy atom. The Labute approximate surface area is 100 Å². The summed E-state index contributed by atoms with van der Waals surface area (Å²) in [5.41, 5.74) is 0. The Kier molecular flexibility index (Phi) is 1.31. The molecule has 3 nitrogen and oxygen atoms in total. The summed E-state index contributed by atoms with van der Waals surface area (Å²) < 4.78 is 26.9. The average Bonchev–Trinajstić information content (AvgIpc) is 2.71. The van der Waals surface area contributed by atoms with E-state index in [4.69, 9.17) is 0 Å². The monoisotopic (exact) mass is 247 g/mol. The van der Waals surface area contributed by atoms with Gasteiger partial charge in [-0.1, -0.05) is 18.2 Å². The summed E-state index contributed by atoms with van der Waals surface area (Å²) in [5.74, 6) is 3.04. The normalized spacial score (nSPS) is 49.2. The molecule has 2 saturated heterocycles. The fraction of sp³-hybridized carbons (Fsp3) is 0.538. The minimum absolute atomic E-state index is 0.361.